The molecule has 128 valence electrons. The molecule has 1 aromatic rings. The van der Waals surface area contributed by atoms with Crippen LogP contribution in [0.4, 0.5) is 4.79 Å². The molecule has 1 heterocycles. The Hall–Kier alpha value is -1.75. The minimum absolute atomic E-state index is 0.0182. The average Bonchev–Trinajstić information content (AvgIpc) is 2.48. The van der Waals surface area contributed by atoms with Crippen molar-refractivity contribution in [3.05, 3.63) is 29.8 Å². The Bertz CT molecular complexity index is 521. The van der Waals surface area contributed by atoms with Crippen LogP contribution in [0, 0.1) is 5.92 Å². The van der Waals surface area contributed by atoms with E-state index in [0.717, 1.165) is 17.7 Å². The first-order valence-electron chi connectivity index (χ1n) is 8.07. The van der Waals surface area contributed by atoms with E-state index in [-0.39, 0.29) is 12.0 Å². The van der Waals surface area contributed by atoms with Gasteiger partial charge in [0.25, 0.3) is 0 Å². The number of aliphatic hydroxyl groups excluding tert-OH is 1. The summed E-state index contributed by atoms with van der Waals surface area (Å²) >= 11 is 0. The highest BCUT2D eigenvalue weighted by molar-refractivity contribution is 5.68. The Balaban J connectivity index is 1.98. The fraction of sp³-hybridized carbons (Fsp3) is 0.611. The maximum atomic E-state index is 12.2. The number of benzene rings is 1. The predicted molar refractivity (Wildman–Crippen MR) is 88.6 cm³/mol. The minimum Gasteiger partial charge on any atom is -0.497 e. The normalized spacial score (nSPS) is 21.9. The van der Waals surface area contributed by atoms with Gasteiger partial charge in [0, 0.05) is 19.0 Å². The monoisotopic (exact) mass is 321 g/mol. The largest absolute Gasteiger partial charge is 0.497 e. The fourth-order valence-corrected chi connectivity index (χ4v) is 2.78. The van der Waals surface area contributed by atoms with E-state index in [9.17, 15) is 9.90 Å². The number of hydrogen-bond acceptors (Lipinski definition) is 4. The average molecular weight is 321 g/mol. The van der Waals surface area contributed by atoms with Crippen LogP contribution in [0.2, 0.25) is 0 Å². The van der Waals surface area contributed by atoms with Gasteiger partial charge < -0.3 is 19.5 Å². The van der Waals surface area contributed by atoms with Gasteiger partial charge >= 0.3 is 6.09 Å². The summed E-state index contributed by atoms with van der Waals surface area (Å²) in [6.45, 7) is 6.63. The van der Waals surface area contributed by atoms with Crippen LogP contribution in [-0.4, -0.2) is 48.0 Å². The molecule has 2 atom stereocenters. The molecule has 0 aromatic heterocycles. The number of rotatable bonds is 3. The molecule has 0 spiro atoms. The quantitative estimate of drug-likeness (QED) is 0.930. The summed E-state index contributed by atoms with van der Waals surface area (Å²) in [5.74, 6) is 0.831. The Morgan fingerprint density at radius 3 is 2.52 bits per heavy atom. The van der Waals surface area contributed by atoms with Crippen molar-refractivity contribution in [1.29, 1.82) is 0 Å². The van der Waals surface area contributed by atoms with Crippen LogP contribution < -0.4 is 4.74 Å². The van der Waals surface area contributed by atoms with Gasteiger partial charge in [0.2, 0.25) is 0 Å². The van der Waals surface area contributed by atoms with E-state index in [1.807, 2.05) is 45.0 Å². The molecule has 0 saturated carbocycles. The van der Waals surface area contributed by atoms with Gasteiger partial charge in [-0.1, -0.05) is 12.1 Å². The Kier molecular flexibility index (Phi) is 5.52. The Morgan fingerprint density at radius 1 is 1.30 bits per heavy atom. The summed E-state index contributed by atoms with van der Waals surface area (Å²) in [5, 5.41) is 10.3. The smallest absolute Gasteiger partial charge is 0.410 e. The molecule has 0 unspecified atom stereocenters. The molecule has 1 fully saturated rings. The fourth-order valence-electron chi connectivity index (χ4n) is 2.78. The van der Waals surface area contributed by atoms with Crippen LogP contribution in [0.1, 0.15) is 32.8 Å². The first-order valence-corrected chi connectivity index (χ1v) is 8.07. The summed E-state index contributed by atoms with van der Waals surface area (Å²) in [6.07, 6.45) is 0.616. The first-order chi connectivity index (χ1) is 10.8. The third-order valence-corrected chi connectivity index (χ3v) is 4.00. The predicted octanol–water partition coefficient (Wildman–Crippen LogP) is 2.86. The van der Waals surface area contributed by atoms with E-state index in [1.54, 1.807) is 12.0 Å². The van der Waals surface area contributed by atoms with Gasteiger partial charge in [0.1, 0.15) is 11.4 Å². The van der Waals surface area contributed by atoms with Crippen LogP contribution in [0.25, 0.3) is 0 Å². The highest BCUT2D eigenvalue weighted by Crippen LogP contribution is 2.24. The third-order valence-electron chi connectivity index (χ3n) is 4.00. The Labute approximate surface area is 138 Å². The maximum Gasteiger partial charge on any atom is 0.410 e. The highest BCUT2D eigenvalue weighted by Gasteiger charge is 2.32. The third kappa shape index (κ3) is 5.13. The number of methoxy groups -OCH3 is 1. The van der Waals surface area contributed by atoms with Crippen molar-refractivity contribution in [2.75, 3.05) is 20.2 Å². The number of carbonyl (C=O) groups is 1. The van der Waals surface area contributed by atoms with E-state index >= 15 is 0 Å². The summed E-state index contributed by atoms with van der Waals surface area (Å²) in [5.41, 5.74) is 0.624. The topological polar surface area (TPSA) is 59.0 Å². The SMILES string of the molecule is COc1ccc(C[C@@H]2CN(C(=O)OC(C)(C)C)CC[C@H]2O)cc1. The number of nitrogens with zero attached hydrogens (tertiary/aromatic N) is 1. The lowest BCUT2D eigenvalue weighted by molar-refractivity contribution is -0.00823. The van der Waals surface area contributed by atoms with Gasteiger partial charge in [-0.2, -0.15) is 0 Å². The van der Waals surface area contributed by atoms with Crippen molar-refractivity contribution >= 4 is 6.09 Å². The number of amides is 1. The van der Waals surface area contributed by atoms with Gasteiger partial charge in [-0.3, -0.25) is 0 Å². The zero-order valence-corrected chi connectivity index (χ0v) is 14.4. The zero-order chi connectivity index (χ0) is 17.0. The summed E-state index contributed by atoms with van der Waals surface area (Å²) in [7, 11) is 1.64. The molecule has 1 aliphatic rings. The van der Waals surface area contributed by atoms with Gasteiger partial charge in [-0.25, -0.2) is 4.79 Å². The van der Waals surface area contributed by atoms with Crippen LogP contribution >= 0.6 is 0 Å². The molecule has 1 aliphatic heterocycles. The van der Waals surface area contributed by atoms with E-state index in [1.165, 1.54) is 0 Å². The molecule has 2 rings (SSSR count). The van der Waals surface area contributed by atoms with Crippen molar-refractivity contribution < 1.29 is 19.4 Å². The molecular formula is C18H27NO4. The molecule has 1 N–H and O–H groups in total. The molecule has 5 heteroatoms. The molecule has 1 aromatic carbocycles. The molecule has 0 bridgehead atoms. The Morgan fingerprint density at radius 2 is 1.96 bits per heavy atom. The van der Waals surface area contributed by atoms with Gasteiger partial charge in [-0.05, 0) is 51.3 Å². The lowest BCUT2D eigenvalue weighted by atomic mass is 9.89. The summed E-state index contributed by atoms with van der Waals surface area (Å²) in [6, 6.07) is 7.82. The maximum absolute atomic E-state index is 12.2. The standard InChI is InChI=1S/C18H27NO4/c1-18(2,3)23-17(21)19-10-9-16(20)14(12-19)11-13-5-7-15(22-4)8-6-13/h5-8,14,16,20H,9-12H2,1-4H3/t14-,16-/m1/s1. The molecule has 23 heavy (non-hydrogen) atoms. The van der Waals surface area contributed by atoms with E-state index in [0.29, 0.717) is 19.5 Å². The zero-order valence-electron chi connectivity index (χ0n) is 14.4. The summed E-state index contributed by atoms with van der Waals surface area (Å²) in [4.78, 5) is 13.9. The van der Waals surface area contributed by atoms with Gasteiger partial charge in [-0.15, -0.1) is 0 Å². The molecule has 1 saturated heterocycles. The van der Waals surface area contributed by atoms with Gasteiger partial charge in [0.15, 0.2) is 0 Å². The van der Waals surface area contributed by atoms with Crippen LogP contribution in [0.15, 0.2) is 24.3 Å². The number of aliphatic hydroxyl groups is 1. The number of carbonyl (C=O) groups excluding carboxylic acids is 1. The van der Waals surface area contributed by atoms with Crippen molar-refractivity contribution in [3.63, 3.8) is 0 Å². The van der Waals surface area contributed by atoms with E-state index < -0.39 is 11.7 Å². The van der Waals surface area contributed by atoms with Crippen LogP contribution in [0.5, 0.6) is 5.75 Å². The molecule has 1 amide bonds. The number of piperidine rings is 1. The van der Waals surface area contributed by atoms with Crippen molar-refractivity contribution in [3.8, 4) is 5.75 Å². The van der Waals surface area contributed by atoms with E-state index in [2.05, 4.69) is 0 Å². The molecular weight excluding hydrogens is 294 g/mol. The second-order valence-corrected chi connectivity index (χ2v) is 7.09. The first kappa shape index (κ1) is 17.6. The molecule has 0 aliphatic carbocycles. The van der Waals surface area contributed by atoms with Crippen LogP contribution in [0.3, 0.4) is 0 Å². The van der Waals surface area contributed by atoms with Crippen LogP contribution in [-0.2, 0) is 11.2 Å². The lowest BCUT2D eigenvalue weighted by Crippen LogP contribution is -2.48. The molecule has 5 nitrogen and oxygen atoms in total. The second kappa shape index (κ2) is 7.21. The number of hydrogen-bond donors (Lipinski definition) is 1. The van der Waals surface area contributed by atoms with E-state index in [4.69, 9.17) is 9.47 Å². The second-order valence-electron chi connectivity index (χ2n) is 7.09. The molecule has 0 radical (unpaired) electrons. The summed E-state index contributed by atoms with van der Waals surface area (Å²) < 4.78 is 10.6. The van der Waals surface area contributed by atoms with Crippen molar-refractivity contribution in [1.82, 2.24) is 4.90 Å². The number of likely N-dealkylation sites (tertiary alicyclic amines) is 1. The highest BCUT2D eigenvalue weighted by atomic mass is 16.6. The minimum atomic E-state index is -0.501. The van der Waals surface area contributed by atoms with Crippen molar-refractivity contribution in [2.45, 2.75) is 45.3 Å². The van der Waals surface area contributed by atoms with Gasteiger partial charge in [0.05, 0.1) is 13.2 Å². The van der Waals surface area contributed by atoms with Crippen molar-refractivity contribution in [2.24, 2.45) is 5.92 Å². The lowest BCUT2D eigenvalue weighted by Gasteiger charge is -2.37. The number of ether oxygens (including phenoxy) is 2.